The van der Waals surface area contributed by atoms with Crippen molar-refractivity contribution in [3.8, 4) is 0 Å². The molecule has 1 fully saturated rings. The maximum atomic E-state index is 14.7. The van der Waals surface area contributed by atoms with E-state index in [1.54, 1.807) is 0 Å². The van der Waals surface area contributed by atoms with E-state index < -0.39 is 65.7 Å². The molecule has 1 aliphatic rings. The van der Waals surface area contributed by atoms with Gasteiger partial charge in [-0.2, -0.15) is 13.6 Å². The molecule has 0 spiro atoms. The molecule has 6 atom stereocenters. The normalized spacial score (nSPS) is 30.6. The number of hydrogen-bond donors (Lipinski definition) is 5. The van der Waals surface area contributed by atoms with E-state index in [-0.39, 0.29) is 0 Å². The van der Waals surface area contributed by atoms with Gasteiger partial charge in [0.05, 0.1) is 12.5 Å². The summed E-state index contributed by atoms with van der Waals surface area (Å²) in [7, 11) is -17.0. The summed E-state index contributed by atoms with van der Waals surface area (Å²) in [5.41, 5.74) is -2.87. The van der Waals surface area contributed by atoms with E-state index in [4.69, 9.17) is 31.0 Å². The van der Waals surface area contributed by atoms with Crippen LogP contribution in [0.2, 0.25) is 0 Å². The molecular weight excluding hydrogens is 515 g/mol. The standard InChI is InChI=1S/C11H17ClFN2O13P3/c1-6-2-3-15(10(17)14-6)9-7(13)8(16)11(4-12,26-9)5-25-30(21,22)28-31(23,24)27-29(18,19)20/h2-3,7-9,16H,4-5H2,1H3,(H,21,22)(H,23,24)(H2,18,19,20)/t7-,8+,9-,11-/m1/s1. The van der Waals surface area contributed by atoms with Gasteiger partial charge in [0.15, 0.2) is 12.4 Å². The maximum Gasteiger partial charge on any atom is 0.490 e. The number of phosphoric ester groups is 1. The molecule has 15 nitrogen and oxygen atoms in total. The lowest BCUT2D eigenvalue weighted by molar-refractivity contribution is -0.113. The zero-order chi connectivity index (χ0) is 23.8. The minimum atomic E-state index is -5.79. The average Bonchev–Trinajstić information content (AvgIpc) is 2.82. The molecule has 2 rings (SSSR count). The third-order valence-electron chi connectivity index (χ3n) is 3.83. The maximum absolute atomic E-state index is 14.7. The summed E-state index contributed by atoms with van der Waals surface area (Å²) < 4.78 is 66.0. The fraction of sp³-hybridized carbons (Fsp3) is 0.636. The molecule has 0 saturated carbocycles. The molecule has 0 radical (unpaired) electrons. The van der Waals surface area contributed by atoms with Crippen LogP contribution in [-0.2, 0) is 31.6 Å². The van der Waals surface area contributed by atoms with Gasteiger partial charge in [-0.15, -0.1) is 11.6 Å². The van der Waals surface area contributed by atoms with Gasteiger partial charge in [-0.05, 0) is 13.0 Å². The monoisotopic (exact) mass is 532 g/mol. The summed E-state index contributed by atoms with van der Waals surface area (Å²) in [5.74, 6) is -0.755. The summed E-state index contributed by atoms with van der Waals surface area (Å²) in [6.45, 7) is 0.279. The zero-order valence-electron chi connectivity index (χ0n) is 15.3. The van der Waals surface area contributed by atoms with E-state index in [9.17, 15) is 32.9 Å². The van der Waals surface area contributed by atoms with Crippen LogP contribution >= 0.6 is 35.1 Å². The fourth-order valence-corrected chi connectivity index (χ4v) is 5.86. The molecule has 1 saturated heterocycles. The van der Waals surface area contributed by atoms with Crippen LogP contribution in [0.5, 0.6) is 0 Å². The molecule has 1 aliphatic heterocycles. The molecule has 20 heteroatoms. The van der Waals surface area contributed by atoms with Gasteiger partial charge in [0, 0.05) is 11.9 Å². The average molecular weight is 533 g/mol. The summed E-state index contributed by atoms with van der Waals surface area (Å²) in [4.78, 5) is 51.2. The Hall–Kier alpha value is -0.570. The van der Waals surface area contributed by atoms with Crippen LogP contribution in [0.15, 0.2) is 17.1 Å². The van der Waals surface area contributed by atoms with Crippen LogP contribution in [0.4, 0.5) is 4.39 Å². The van der Waals surface area contributed by atoms with Crippen LogP contribution in [0.3, 0.4) is 0 Å². The van der Waals surface area contributed by atoms with Crippen LogP contribution in [0.25, 0.3) is 0 Å². The van der Waals surface area contributed by atoms with Gasteiger partial charge in [0.2, 0.25) is 0 Å². The lowest BCUT2D eigenvalue weighted by Crippen LogP contribution is -2.47. The van der Waals surface area contributed by atoms with E-state index in [2.05, 4.69) is 18.1 Å². The van der Waals surface area contributed by atoms with Crippen molar-refractivity contribution in [1.29, 1.82) is 0 Å². The predicted octanol–water partition coefficient (Wildman–Crippen LogP) is 0.100. The molecule has 1 aromatic heterocycles. The SMILES string of the molecule is Cc1ccn([C@@H]2O[C@](CCl)(COP(=O)(O)OP(=O)(O)OP(=O)(O)O)[C@@H](O)[C@H]2F)c(=O)n1. The van der Waals surface area contributed by atoms with Crippen LogP contribution in [0.1, 0.15) is 11.9 Å². The predicted molar refractivity (Wildman–Crippen MR) is 97.5 cm³/mol. The van der Waals surface area contributed by atoms with Crippen molar-refractivity contribution >= 4 is 35.1 Å². The minimum Gasteiger partial charge on any atom is -0.387 e. The smallest absolute Gasteiger partial charge is 0.387 e. The van der Waals surface area contributed by atoms with E-state index >= 15 is 0 Å². The highest BCUT2D eigenvalue weighted by atomic mass is 35.5. The van der Waals surface area contributed by atoms with Crippen molar-refractivity contribution in [2.75, 3.05) is 12.5 Å². The van der Waals surface area contributed by atoms with Crippen LogP contribution < -0.4 is 5.69 Å². The topological polar surface area (TPSA) is 224 Å². The number of ether oxygens (including phenoxy) is 1. The lowest BCUT2D eigenvalue weighted by Gasteiger charge is -2.29. The van der Waals surface area contributed by atoms with Crippen molar-refractivity contribution < 1.29 is 60.6 Å². The number of rotatable bonds is 9. The first-order valence-corrected chi connectivity index (χ1v) is 13.0. The van der Waals surface area contributed by atoms with Gasteiger partial charge in [-0.1, -0.05) is 0 Å². The van der Waals surface area contributed by atoms with Gasteiger partial charge in [0.1, 0.15) is 11.7 Å². The second-order valence-corrected chi connectivity index (χ2v) is 10.9. The second kappa shape index (κ2) is 9.35. The highest BCUT2D eigenvalue weighted by molar-refractivity contribution is 7.66. The van der Waals surface area contributed by atoms with Crippen LogP contribution in [0, 0.1) is 6.92 Å². The van der Waals surface area contributed by atoms with E-state index in [1.165, 1.54) is 13.0 Å². The van der Waals surface area contributed by atoms with Crippen molar-refractivity contribution in [2.45, 2.75) is 31.0 Å². The number of aryl methyl sites for hydroxylation is 1. The quantitative estimate of drug-likeness (QED) is 0.210. The number of aromatic nitrogens is 2. The first-order chi connectivity index (χ1) is 14.0. The molecule has 178 valence electrons. The Morgan fingerprint density at radius 3 is 2.39 bits per heavy atom. The third-order valence-corrected chi connectivity index (χ3v) is 8.06. The molecule has 31 heavy (non-hydrogen) atoms. The molecule has 5 N–H and O–H groups in total. The number of halogens is 2. The van der Waals surface area contributed by atoms with Gasteiger partial charge < -0.3 is 29.4 Å². The Labute approximate surface area is 177 Å². The molecule has 0 amide bonds. The molecule has 2 heterocycles. The van der Waals surface area contributed by atoms with Gasteiger partial charge in [-0.3, -0.25) is 9.09 Å². The molecule has 0 aliphatic carbocycles. The largest absolute Gasteiger partial charge is 0.490 e. The Bertz CT molecular complexity index is 1020. The summed E-state index contributed by atoms with van der Waals surface area (Å²) in [5, 5.41) is 10.2. The number of hydrogen-bond acceptors (Lipinski definition) is 10. The number of aliphatic hydroxyl groups excluding tert-OH is 1. The zero-order valence-corrected chi connectivity index (χ0v) is 18.7. The Morgan fingerprint density at radius 1 is 1.26 bits per heavy atom. The number of aliphatic hydroxyl groups is 1. The van der Waals surface area contributed by atoms with Crippen molar-refractivity contribution in [1.82, 2.24) is 9.55 Å². The van der Waals surface area contributed by atoms with Crippen molar-refractivity contribution in [3.05, 3.63) is 28.4 Å². The molecule has 0 bridgehead atoms. The van der Waals surface area contributed by atoms with Crippen molar-refractivity contribution in [3.63, 3.8) is 0 Å². The Kier molecular flexibility index (Phi) is 8.05. The van der Waals surface area contributed by atoms with Gasteiger partial charge >= 0.3 is 29.2 Å². The summed E-state index contributed by atoms with van der Waals surface area (Å²) >= 11 is 5.71. The highest BCUT2D eigenvalue weighted by Crippen LogP contribution is 2.66. The molecule has 1 aromatic rings. The number of nitrogens with zero attached hydrogens (tertiary/aromatic N) is 2. The van der Waals surface area contributed by atoms with Gasteiger partial charge in [-0.25, -0.2) is 22.9 Å². The molecule has 2 unspecified atom stereocenters. The fourth-order valence-electron chi connectivity index (χ4n) is 2.49. The lowest BCUT2D eigenvalue weighted by atomic mass is 9.99. The Morgan fingerprint density at radius 2 is 1.87 bits per heavy atom. The van der Waals surface area contributed by atoms with Crippen molar-refractivity contribution in [2.24, 2.45) is 0 Å². The minimum absolute atomic E-state index is 0.312. The highest BCUT2D eigenvalue weighted by Gasteiger charge is 2.57. The first kappa shape index (κ1) is 26.7. The van der Waals surface area contributed by atoms with Crippen LogP contribution in [-0.4, -0.2) is 64.6 Å². The summed E-state index contributed by atoms with van der Waals surface area (Å²) in [6, 6.07) is 1.34. The van der Waals surface area contributed by atoms with E-state index in [0.29, 0.717) is 10.3 Å². The number of phosphoric acid groups is 3. The summed E-state index contributed by atoms with van der Waals surface area (Å²) in [6.07, 6.45) is -5.04. The number of alkyl halides is 2. The third kappa shape index (κ3) is 6.71. The van der Waals surface area contributed by atoms with E-state index in [1.807, 2.05) is 0 Å². The molecular formula is C11H17ClFN2O13P3. The second-order valence-electron chi connectivity index (χ2n) is 6.22. The first-order valence-electron chi connectivity index (χ1n) is 7.91. The van der Waals surface area contributed by atoms with Gasteiger partial charge in [0.25, 0.3) is 0 Å². The molecule has 0 aromatic carbocycles. The Balaban J connectivity index is 2.20. The van der Waals surface area contributed by atoms with E-state index in [0.717, 1.165) is 6.20 Å².